The standard InChI is InChI=1S/C18H18BrNO3/c19-16-5-3-15(4-6-16)17(21)7-8-18(22)23-13-1-2-14-9-11-20-12-10-14/h3-6,9-12H,1-2,7-8,13H2. The first-order valence-electron chi connectivity index (χ1n) is 7.48. The number of ketones is 1. The van der Waals surface area contributed by atoms with Crippen LogP contribution in [-0.2, 0) is 16.0 Å². The minimum Gasteiger partial charge on any atom is -0.466 e. The zero-order valence-electron chi connectivity index (χ0n) is 12.7. The van der Waals surface area contributed by atoms with E-state index in [1.54, 1.807) is 24.5 Å². The van der Waals surface area contributed by atoms with E-state index in [1.165, 1.54) is 5.56 Å². The Balaban J connectivity index is 1.63. The van der Waals surface area contributed by atoms with Gasteiger partial charge in [0.15, 0.2) is 5.78 Å². The van der Waals surface area contributed by atoms with Gasteiger partial charge in [-0.3, -0.25) is 14.6 Å². The number of Topliss-reactive ketones (excluding diaryl/α,β-unsaturated/α-hetero) is 1. The Kier molecular flexibility index (Phi) is 6.94. The van der Waals surface area contributed by atoms with Crippen LogP contribution in [-0.4, -0.2) is 23.3 Å². The molecular weight excluding hydrogens is 358 g/mol. The maximum atomic E-state index is 11.9. The second-order valence-corrected chi connectivity index (χ2v) is 6.03. The number of rotatable bonds is 8. The molecule has 0 unspecified atom stereocenters. The molecule has 0 spiro atoms. The number of aryl methyl sites for hydroxylation is 1. The Labute approximate surface area is 144 Å². The van der Waals surface area contributed by atoms with Crippen molar-refractivity contribution in [3.63, 3.8) is 0 Å². The van der Waals surface area contributed by atoms with Crippen LogP contribution in [0.15, 0.2) is 53.3 Å². The van der Waals surface area contributed by atoms with Crippen LogP contribution < -0.4 is 0 Å². The van der Waals surface area contributed by atoms with E-state index in [1.807, 2.05) is 24.3 Å². The molecule has 5 heteroatoms. The Morgan fingerprint density at radius 1 is 1.00 bits per heavy atom. The molecule has 0 amide bonds. The van der Waals surface area contributed by atoms with Gasteiger partial charge in [-0.05, 0) is 42.7 Å². The van der Waals surface area contributed by atoms with E-state index in [-0.39, 0.29) is 24.6 Å². The lowest BCUT2D eigenvalue weighted by Crippen LogP contribution is -2.09. The third-order valence-corrected chi connectivity index (χ3v) is 3.87. The molecule has 0 saturated heterocycles. The molecule has 2 rings (SSSR count). The van der Waals surface area contributed by atoms with Gasteiger partial charge in [0, 0.05) is 28.9 Å². The first-order chi connectivity index (χ1) is 11.1. The number of benzene rings is 1. The van der Waals surface area contributed by atoms with Crippen molar-refractivity contribution in [1.82, 2.24) is 4.98 Å². The minimum absolute atomic E-state index is 0.0498. The Morgan fingerprint density at radius 3 is 2.39 bits per heavy atom. The molecule has 2 aromatic rings. The van der Waals surface area contributed by atoms with E-state index in [2.05, 4.69) is 20.9 Å². The number of carbonyl (C=O) groups excluding carboxylic acids is 2. The summed E-state index contributed by atoms with van der Waals surface area (Å²) in [6.07, 6.45) is 5.38. The predicted octanol–water partition coefficient (Wildman–Crippen LogP) is 3.98. The number of aromatic nitrogens is 1. The zero-order chi connectivity index (χ0) is 16.5. The number of nitrogens with zero attached hydrogens (tertiary/aromatic N) is 1. The van der Waals surface area contributed by atoms with Gasteiger partial charge in [-0.2, -0.15) is 0 Å². The van der Waals surface area contributed by atoms with Gasteiger partial charge in [0.1, 0.15) is 0 Å². The van der Waals surface area contributed by atoms with Crippen LogP contribution in [0.5, 0.6) is 0 Å². The molecule has 1 aromatic carbocycles. The van der Waals surface area contributed by atoms with Crippen molar-refractivity contribution in [2.45, 2.75) is 25.7 Å². The third kappa shape index (κ3) is 6.32. The van der Waals surface area contributed by atoms with E-state index in [9.17, 15) is 9.59 Å². The van der Waals surface area contributed by atoms with Gasteiger partial charge in [0.2, 0.25) is 0 Å². The third-order valence-electron chi connectivity index (χ3n) is 3.34. The lowest BCUT2D eigenvalue weighted by Gasteiger charge is -2.05. The number of pyridine rings is 1. The summed E-state index contributed by atoms with van der Waals surface area (Å²) in [5, 5.41) is 0. The molecule has 1 aromatic heterocycles. The van der Waals surface area contributed by atoms with E-state index in [0.717, 1.165) is 17.3 Å². The molecular formula is C18H18BrNO3. The number of esters is 1. The normalized spacial score (nSPS) is 10.3. The highest BCUT2D eigenvalue weighted by molar-refractivity contribution is 9.10. The van der Waals surface area contributed by atoms with E-state index in [4.69, 9.17) is 4.74 Å². The summed E-state index contributed by atoms with van der Waals surface area (Å²) >= 11 is 3.32. The molecule has 0 radical (unpaired) electrons. The fourth-order valence-electron chi connectivity index (χ4n) is 2.08. The maximum absolute atomic E-state index is 11.9. The number of halogens is 1. The molecule has 0 atom stereocenters. The molecule has 0 aliphatic heterocycles. The molecule has 0 bridgehead atoms. The lowest BCUT2D eigenvalue weighted by molar-refractivity contribution is -0.143. The second-order valence-electron chi connectivity index (χ2n) is 5.11. The number of hydrogen-bond donors (Lipinski definition) is 0. The van der Waals surface area contributed by atoms with Crippen LogP contribution in [0.3, 0.4) is 0 Å². The molecule has 0 aliphatic rings. The van der Waals surface area contributed by atoms with Crippen LogP contribution in [0.4, 0.5) is 0 Å². The average molecular weight is 376 g/mol. The summed E-state index contributed by atoms with van der Waals surface area (Å²) in [7, 11) is 0. The zero-order valence-corrected chi connectivity index (χ0v) is 14.3. The van der Waals surface area contributed by atoms with Crippen molar-refractivity contribution in [2.24, 2.45) is 0 Å². The van der Waals surface area contributed by atoms with Gasteiger partial charge in [0.05, 0.1) is 13.0 Å². The van der Waals surface area contributed by atoms with Crippen LogP contribution in [0.2, 0.25) is 0 Å². The smallest absolute Gasteiger partial charge is 0.306 e. The monoisotopic (exact) mass is 375 g/mol. The molecule has 0 N–H and O–H groups in total. The predicted molar refractivity (Wildman–Crippen MR) is 91.2 cm³/mol. The summed E-state index contributed by atoms with van der Waals surface area (Å²) in [5.74, 6) is -0.378. The largest absolute Gasteiger partial charge is 0.466 e. The molecule has 120 valence electrons. The Morgan fingerprint density at radius 2 is 1.70 bits per heavy atom. The van der Waals surface area contributed by atoms with Gasteiger partial charge in [-0.1, -0.05) is 28.1 Å². The fraction of sp³-hybridized carbons (Fsp3) is 0.278. The summed E-state index contributed by atoms with van der Waals surface area (Å²) < 4.78 is 6.07. The first-order valence-corrected chi connectivity index (χ1v) is 8.28. The highest BCUT2D eigenvalue weighted by atomic mass is 79.9. The van der Waals surface area contributed by atoms with E-state index in [0.29, 0.717) is 12.2 Å². The fourth-order valence-corrected chi connectivity index (χ4v) is 2.34. The van der Waals surface area contributed by atoms with Crippen LogP contribution in [0, 0.1) is 0 Å². The Bertz CT molecular complexity index is 641. The van der Waals surface area contributed by atoms with Crippen LogP contribution in [0.1, 0.15) is 35.2 Å². The molecule has 0 fully saturated rings. The van der Waals surface area contributed by atoms with Crippen molar-refractivity contribution >= 4 is 27.7 Å². The number of hydrogen-bond acceptors (Lipinski definition) is 4. The van der Waals surface area contributed by atoms with E-state index >= 15 is 0 Å². The Hall–Kier alpha value is -2.01. The van der Waals surface area contributed by atoms with Crippen molar-refractivity contribution in [1.29, 1.82) is 0 Å². The highest BCUT2D eigenvalue weighted by Crippen LogP contribution is 2.13. The minimum atomic E-state index is -0.329. The summed E-state index contributed by atoms with van der Waals surface area (Å²) in [5.41, 5.74) is 1.78. The molecule has 0 aliphatic carbocycles. The van der Waals surface area contributed by atoms with Crippen LogP contribution >= 0.6 is 15.9 Å². The average Bonchev–Trinajstić information content (AvgIpc) is 2.58. The van der Waals surface area contributed by atoms with Gasteiger partial charge >= 0.3 is 5.97 Å². The SMILES string of the molecule is O=C(CCC(=O)c1ccc(Br)cc1)OCCCc1ccncc1. The van der Waals surface area contributed by atoms with Crippen molar-refractivity contribution in [3.05, 3.63) is 64.4 Å². The summed E-state index contributed by atoms with van der Waals surface area (Å²) in [6.45, 7) is 0.369. The van der Waals surface area contributed by atoms with Crippen molar-refractivity contribution < 1.29 is 14.3 Å². The van der Waals surface area contributed by atoms with Gasteiger partial charge < -0.3 is 4.74 Å². The van der Waals surface area contributed by atoms with E-state index < -0.39 is 0 Å². The number of ether oxygens (including phenoxy) is 1. The molecule has 0 saturated carbocycles. The molecule has 1 heterocycles. The van der Waals surface area contributed by atoms with Gasteiger partial charge in [-0.25, -0.2) is 0 Å². The van der Waals surface area contributed by atoms with Crippen LogP contribution in [0.25, 0.3) is 0 Å². The first kappa shape index (κ1) is 17.3. The van der Waals surface area contributed by atoms with Gasteiger partial charge in [-0.15, -0.1) is 0 Å². The topological polar surface area (TPSA) is 56.3 Å². The summed E-state index contributed by atoms with van der Waals surface area (Å²) in [6, 6.07) is 11.0. The lowest BCUT2D eigenvalue weighted by atomic mass is 10.1. The quantitative estimate of drug-likeness (QED) is 0.397. The number of carbonyl (C=O) groups is 2. The highest BCUT2D eigenvalue weighted by Gasteiger charge is 2.10. The molecule has 23 heavy (non-hydrogen) atoms. The summed E-state index contributed by atoms with van der Waals surface area (Å²) in [4.78, 5) is 27.6. The molecule has 4 nitrogen and oxygen atoms in total. The van der Waals surface area contributed by atoms with Crippen molar-refractivity contribution in [2.75, 3.05) is 6.61 Å². The second kappa shape index (κ2) is 9.20. The van der Waals surface area contributed by atoms with Gasteiger partial charge in [0.25, 0.3) is 0 Å². The maximum Gasteiger partial charge on any atom is 0.306 e. The van der Waals surface area contributed by atoms with Crippen molar-refractivity contribution in [3.8, 4) is 0 Å².